The van der Waals surface area contributed by atoms with Crippen LogP contribution in [0.5, 0.6) is 0 Å². The number of rotatable bonds is 2. The van der Waals surface area contributed by atoms with E-state index in [9.17, 15) is 9.59 Å². The Hall–Kier alpha value is -2.79. The Morgan fingerprint density at radius 1 is 1.00 bits per heavy atom. The normalized spacial score (nSPS) is 16.3. The number of aromatic nitrogens is 1. The van der Waals surface area contributed by atoms with Crippen LogP contribution in [-0.4, -0.2) is 27.7 Å². The molecular weight excluding hydrogens is 344 g/mol. The van der Waals surface area contributed by atoms with Crippen molar-refractivity contribution in [2.45, 2.75) is 13.8 Å². The Kier molecular flexibility index (Phi) is 3.96. The van der Waals surface area contributed by atoms with Gasteiger partial charge in [0.1, 0.15) is 0 Å². The number of hydrogen-bond acceptors (Lipinski definition) is 3. The first-order chi connectivity index (χ1) is 12.5. The van der Waals surface area contributed by atoms with Crippen molar-refractivity contribution in [3.63, 3.8) is 0 Å². The molecule has 0 unspecified atom stereocenters. The van der Waals surface area contributed by atoms with Gasteiger partial charge in [-0.25, -0.2) is 0 Å². The summed E-state index contributed by atoms with van der Waals surface area (Å²) < 4.78 is 2.20. The van der Waals surface area contributed by atoms with Crippen LogP contribution in [0.4, 0.5) is 4.79 Å². The largest absolute Gasteiger partial charge is 0.317 e. The molecule has 2 amide bonds. The summed E-state index contributed by atoms with van der Waals surface area (Å²) in [5.74, 6) is -0.241. The molecule has 0 radical (unpaired) electrons. The molecule has 0 saturated carbocycles. The number of likely N-dealkylation sites (N-methyl/N-ethyl adjacent to an activating group) is 1. The predicted molar refractivity (Wildman–Crippen MR) is 106 cm³/mol. The van der Waals surface area contributed by atoms with E-state index in [2.05, 4.69) is 47.9 Å². The van der Waals surface area contributed by atoms with Gasteiger partial charge in [0.15, 0.2) is 0 Å². The molecule has 0 aliphatic carbocycles. The lowest BCUT2D eigenvalue weighted by Gasteiger charge is -2.13. The molecule has 130 valence electrons. The van der Waals surface area contributed by atoms with E-state index in [4.69, 9.17) is 0 Å². The quantitative estimate of drug-likeness (QED) is 0.608. The molecule has 26 heavy (non-hydrogen) atoms. The molecule has 1 fully saturated rings. The van der Waals surface area contributed by atoms with Crippen molar-refractivity contribution in [3.8, 4) is 5.69 Å². The average molecular weight is 362 g/mol. The van der Waals surface area contributed by atoms with Crippen molar-refractivity contribution in [1.82, 2.24) is 9.47 Å². The van der Waals surface area contributed by atoms with E-state index in [0.29, 0.717) is 4.91 Å². The van der Waals surface area contributed by atoms with Gasteiger partial charge in [0, 0.05) is 23.8 Å². The van der Waals surface area contributed by atoms with Gasteiger partial charge in [-0.05, 0) is 54.8 Å². The van der Waals surface area contributed by atoms with Gasteiger partial charge in [-0.2, -0.15) is 0 Å². The Bertz CT molecular complexity index is 1090. The smallest absolute Gasteiger partial charge is 0.293 e. The molecule has 3 aromatic rings. The van der Waals surface area contributed by atoms with Gasteiger partial charge >= 0.3 is 0 Å². The highest BCUT2D eigenvalue weighted by Crippen LogP contribution is 2.33. The zero-order valence-electron chi connectivity index (χ0n) is 14.8. The third kappa shape index (κ3) is 2.56. The number of imide groups is 1. The fourth-order valence-electron chi connectivity index (χ4n) is 3.39. The molecule has 1 aliphatic rings. The van der Waals surface area contributed by atoms with E-state index in [1.54, 1.807) is 0 Å². The predicted octanol–water partition coefficient (Wildman–Crippen LogP) is 4.91. The van der Waals surface area contributed by atoms with E-state index in [1.165, 1.54) is 17.8 Å². The number of nitrogens with zero attached hydrogens (tertiary/aromatic N) is 2. The molecule has 4 nitrogen and oxygen atoms in total. The molecule has 0 atom stereocenters. The van der Waals surface area contributed by atoms with Crippen LogP contribution in [0.3, 0.4) is 0 Å². The van der Waals surface area contributed by atoms with Crippen LogP contribution in [0.25, 0.3) is 22.5 Å². The molecule has 0 N–H and O–H groups in total. The second-order valence-electron chi connectivity index (χ2n) is 6.40. The van der Waals surface area contributed by atoms with E-state index >= 15 is 0 Å². The molecule has 4 rings (SSSR count). The van der Waals surface area contributed by atoms with Crippen LogP contribution in [0.2, 0.25) is 0 Å². The molecular formula is C21H18N2O2S. The summed E-state index contributed by atoms with van der Waals surface area (Å²) in [6.07, 6.45) is 1.82. The third-order valence-corrected chi connectivity index (χ3v) is 5.71. The standard InChI is InChI=1S/C21H18N2O2S/c1-13-11-16(12-19-20(24)22(3)21(25)26-19)14(2)23(13)18-10-6-8-15-7-4-5-9-17(15)18/h4-12H,1-3H3/b19-12-. The number of amides is 2. The highest BCUT2D eigenvalue weighted by atomic mass is 32.2. The minimum Gasteiger partial charge on any atom is -0.317 e. The third-order valence-electron chi connectivity index (χ3n) is 4.75. The molecule has 1 saturated heterocycles. The molecule has 0 bridgehead atoms. The first-order valence-electron chi connectivity index (χ1n) is 8.36. The maximum absolute atomic E-state index is 12.2. The van der Waals surface area contributed by atoms with Crippen molar-refractivity contribution in [1.29, 1.82) is 0 Å². The first kappa shape index (κ1) is 16.7. The van der Waals surface area contributed by atoms with Crippen LogP contribution in [0.1, 0.15) is 17.0 Å². The summed E-state index contributed by atoms with van der Waals surface area (Å²) in [4.78, 5) is 25.5. The van der Waals surface area contributed by atoms with Crippen molar-refractivity contribution in [3.05, 3.63) is 70.4 Å². The SMILES string of the molecule is Cc1cc(/C=C2\SC(=O)N(C)C2=O)c(C)n1-c1cccc2ccccc12. The summed E-state index contributed by atoms with van der Waals surface area (Å²) in [5.41, 5.74) is 4.19. The van der Waals surface area contributed by atoms with Gasteiger partial charge in [0.2, 0.25) is 0 Å². The number of aryl methyl sites for hydroxylation is 1. The molecule has 1 aromatic heterocycles. The van der Waals surface area contributed by atoms with Crippen molar-refractivity contribution in [2.24, 2.45) is 0 Å². The van der Waals surface area contributed by atoms with Gasteiger partial charge in [-0.1, -0.05) is 36.4 Å². The molecule has 1 aliphatic heterocycles. The highest BCUT2D eigenvalue weighted by molar-refractivity contribution is 8.18. The number of carbonyl (C=O) groups is 2. The number of thioether (sulfide) groups is 1. The zero-order valence-corrected chi connectivity index (χ0v) is 15.6. The zero-order chi connectivity index (χ0) is 18.4. The number of hydrogen-bond donors (Lipinski definition) is 0. The lowest BCUT2D eigenvalue weighted by molar-refractivity contribution is -0.121. The minimum atomic E-state index is -0.241. The molecule has 2 aromatic carbocycles. The average Bonchev–Trinajstić information content (AvgIpc) is 3.05. The maximum atomic E-state index is 12.2. The van der Waals surface area contributed by atoms with Crippen molar-refractivity contribution >= 4 is 39.8 Å². The van der Waals surface area contributed by atoms with E-state index in [-0.39, 0.29) is 11.1 Å². The van der Waals surface area contributed by atoms with Gasteiger partial charge in [0.25, 0.3) is 11.1 Å². The maximum Gasteiger partial charge on any atom is 0.293 e. The summed E-state index contributed by atoms with van der Waals surface area (Å²) >= 11 is 0.988. The van der Waals surface area contributed by atoms with Crippen LogP contribution in [0, 0.1) is 13.8 Å². The van der Waals surface area contributed by atoms with Crippen LogP contribution < -0.4 is 0 Å². The Morgan fingerprint density at radius 3 is 2.46 bits per heavy atom. The van der Waals surface area contributed by atoms with Gasteiger partial charge < -0.3 is 4.57 Å². The van der Waals surface area contributed by atoms with Crippen LogP contribution >= 0.6 is 11.8 Å². The first-order valence-corrected chi connectivity index (χ1v) is 9.17. The second kappa shape index (κ2) is 6.18. The highest BCUT2D eigenvalue weighted by Gasteiger charge is 2.32. The van der Waals surface area contributed by atoms with Gasteiger partial charge in [0.05, 0.1) is 10.6 Å². The van der Waals surface area contributed by atoms with Gasteiger partial charge in [-0.15, -0.1) is 0 Å². The fourth-order valence-corrected chi connectivity index (χ4v) is 4.21. The second-order valence-corrected chi connectivity index (χ2v) is 7.39. The Labute approximate surface area is 156 Å². The van der Waals surface area contributed by atoms with E-state index in [1.807, 2.05) is 25.1 Å². The minimum absolute atomic E-state index is 0.232. The van der Waals surface area contributed by atoms with Gasteiger partial charge in [-0.3, -0.25) is 14.5 Å². The molecule has 5 heteroatoms. The Morgan fingerprint density at radius 2 is 1.73 bits per heavy atom. The monoisotopic (exact) mass is 362 g/mol. The van der Waals surface area contributed by atoms with Crippen LogP contribution in [0.15, 0.2) is 53.4 Å². The molecule has 0 spiro atoms. The summed E-state index contributed by atoms with van der Waals surface area (Å²) in [6, 6.07) is 16.6. The lowest BCUT2D eigenvalue weighted by Crippen LogP contribution is -2.22. The summed E-state index contributed by atoms with van der Waals surface area (Å²) in [6.45, 7) is 4.09. The fraction of sp³-hybridized carbons (Fsp3) is 0.143. The van der Waals surface area contributed by atoms with Crippen molar-refractivity contribution < 1.29 is 9.59 Å². The van der Waals surface area contributed by atoms with E-state index in [0.717, 1.165) is 39.3 Å². The Balaban J connectivity index is 1.86. The number of benzene rings is 2. The molecule has 2 heterocycles. The summed E-state index contributed by atoms with van der Waals surface area (Å²) in [5, 5.41) is 2.13. The lowest BCUT2D eigenvalue weighted by atomic mass is 10.1. The summed E-state index contributed by atoms with van der Waals surface area (Å²) in [7, 11) is 1.51. The van der Waals surface area contributed by atoms with Crippen LogP contribution in [-0.2, 0) is 4.79 Å². The number of fused-ring (bicyclic) bond motifs is 1. The van der Waals surface area contributed by atoms with E-state index < -0.39 is 0 Å². The topological polar surface area (TPSA) is 42.3 Å². The number of carbonyl (C=O) groups excluding carboxylic acids is 2. The van der Waals surface area contributed by atoms with Crippen molar-refractivity contribution in [2.75, 3.05) is 7.05 Å².